The molecular weight excluding hydrogens is 444 g/mol. The van der Waals surface area contributed by atoms with E-state index in [4.69, 9.17) is 21.4 Å². The average molecular weight is 467 g/mol. The van der Waals surface area contributed by atoms with Crippen molar-refractivity contribution in [3.63, 3.8) is 0 Å². The molecule has 1 unspecified atom stereocenters. The molecule has 0 bridgehead atoms. The molecule has 1 atom stereocenters. The van der Waals surface area contributed by atoms with Gasteiger partial charge in [0.1, 0.15) is 22.0 Å². The highest BCUT2D eigenvalue weighted by atomic mass is 32.1. The molecule has 2 aliphatic rings. The van der Waals surface area contributed by atoms with Crippen molar-refractivity contribution in [2.45, 2.75) is 37.6 Å². The second-order valence-electron chi connectivity index (χ2n) is 8.99. The Morgan fingerprint density at radius 3 is 2.76 bits per heavy atom. The summed E-state index contributed by atoms with van der Waals surface area (Å²) in [4.78, 5) is 14.2. The lowest BCUT2D eigenvalue weighted by Gasteiger charge is -2.12. The third-order valence-corrected chi connectivity index (χ3v) is 7.79. The molecule has 4 heterocycles. The summed E-state index contributed by atoms with van der Waals surface area (Å²) >= 11 is 1.63. The summed E-state index contributed by atoms with van der Waals surface area (Å²) in [6, 6.07) is 14.3. The predicted molar refractivity (Wildman–Crippen MR) is 133 cm³/mol. The molecule has 0 amide bonds. The quantitative estimate of drug-likeness (QED) is 0.402. The van der Waals surface area contributed by atoms with Crippen molar-refractivity contribution >= 4 is 28.3 Å². The van der Waals surface area contributed by atoms with Gasteiger partial charge in [0, 0.05) is 23.8 Å². The number of nitrogens with zero attached hydrogens (tertiary/aromatic N) is 6. The second-order valence-corrected chi connectivity index (χ2v) is 10.0. The van der Waals surface area contributed by atoms with Gasteiger partial charge < -0.3 is 11.5 Å². The van der Waals surface area contributed by atoms with Gasteiger partial charge in [-0.2, -0.15) is 0 Å². The number of aromatic nitrogens is 6. The van der Waals surface area contributed by atoms with E-state index in [2.05, 4.69) is 37.9 Å². The first kappa shape index (κ1) is 19.7. The third kappa shape index (κ3) is 3.12. The van der Waals surface area contributed by atoms with E-state index < -0.39 is 0 Å². The van der Waals surface area contributed by atoms with Gasteiger partial charge in [-0.15, -0.1) is 10.2 Å². The molecule has 4 aromatic heterocycles. The Morgan fingerprint density at radius 2 is 1.91 bits per heavy atom. The van der Waals surface area contributed by atoms with Crippen LogP contribution in [0, 0.1) is 0 Å². The number of rotatable bonds is 4. The van der Waals surface area contributed by atoms with Crippen LogP contribution in [-0.4, -0.2) is 29.7 Å². The Bertz CT molecular complexity index is 1560. The van der Waals surface area contributed by atoms with Crippen molar-refractivity contribution in [2.75, 3.05) is 5.73 Å². The number of pyridine rings is 2. The van der Waals surface area contributed by atoms with Crippen LogP contribution in [0.15, 0.2) is 48.7 Å². The topological polar surface area (TPSA) is 121 Å². The fraction of sp³-hybridized carbons (Fsp3) is 0.240. The maximum Gasteiger partial charge on any atom is 0.166 e. The molecule has 0 radical (unpaired) electrons. The Balaban J connectivity index is 1.45. The van der Waals surface area contributed by atoms with E-state index >= 15 is 0 Å². The third-order valence-electron chi connectivity index (χ3n) is 6.68. The molecule has 168 valence electrons. The first-order valence-electron chi connectivity index (χ1n) is 11.5. The van der Waals surface area contributed by atoms with Crippen molar-refractivity contribution in [1.29, 1.82) is 0 Å². The zero-order valence-corrected chi connectivity index (χ0v) is 19.2. The van der Waals surface area contributed by atoms with Gasteiger partial charge in [-0.05, 0) is 73.2 Å². The molecule has 0 aliphatic heterocycles. The Morgan fingerprint density at radius 1 is 1.00 bits per heavy atom. The first-order valence-corrected chi connectivity index (χ1v) is 12.3. The molecule has 9 heteroatoms. The van der Waals surface area contributed by atoms with Gasteiger partial charge in [0.05, 0.1) is 5.56 Å². The minimum atomic E-state index is 0.0970. The molecule has 7 rings (SSSR count). The molecule has 0 spiro atoms. The van der Waals surface area contributed by atoms with Crippen LogP contribution in [0.5, 0.6) is 0 Å². The zero-order chi connectivity index (χ0) is 22.8. The van der Waals surface area contributed by atoms with Crippen LogP contribution in [0.3, 0.4) is 0 Å². The van der Waals surface area contributed by atoms with Crippen LogP contribution >= 0.6 is 11.3 Å². The number of nitrogens with two attached hydrogens (primary N) is 2. The monoisotopic (exact) mass is 466 g/mol. The van der Waals surface area contributed by atoms with Gasteiger partial charge in [-0.25, -0.2) is 15.0 Å². The van der Waals surface area contributed by atoms with Gasteiger partial charge in [0.15, 0.2) is 16.5 Å². The zero-order valence-electron chi connectivity index (χ0n) is 18.3. The van der Waals surface area contributed by atoms with Crippen LogP contribution in [0.2, 0.25) is 0 Å². The van der Waals surface area contributed by atoms with Crippen LogP contribution < -0.4 is 11.5 Å². The number of nitrogen functional groups attached to an aromatic ring is 1. The maximum atomic E-state index is 6.29. The van der Waals surface area contributed by atoms with Crippen molar-refractivity contribution in [3.05, 3.63) is 64.8 Å². The lowest BCUT2D eigenvalue weighted by Crippen LogP contribution is -2.06. The fourth-order valence-corrected chi connectivity index (χ4v) is 5.70. The SMILES string of the molecule is Nc1ncccc1-c1nc2ccc(-c3nnc(C4CC4)s3)nc2n1-c1ccc2c(c1)CCC2N. The number of aryl methyl sites for hydroxylation is 1. The molecule has 0 saturated heterocycles. The van der Waals surface area contributed by atoms with Crippen LogP contribution in [0.1, 0.15) is 47.4 Å². The van der Waals surface area contributed by atoms with Gasteiger partial charge >= 0.3 is 0 Å². The van der Waals surface area contributed by atoms with Crippen molar-refractivity contribution < 1.29 is 0 Å². The lowest BCUT2D eigenvalue weighted by molar-refractivity contribution is 0.713. The second kappa shape index (κ2) is 7.41. The largest absolute Gasteiger partial charge is 0.383 e. The summed E-state index contributed by atoms with van der Waals surface area (Å²) in [6.45, 7) is 0. The van der Waals surface area contributed by atoms with Gasteiger partial charge in [-0.3, -0.25) is 4.57 Å². The molecule has 1 saturated carbocycles. The normalized spacial score (nSPS) is 17.4. The maximum absolute atomic E-state index is 6.29. The number of hydrogen-bond acceptors (Lipinski definition) is 8. The Labute approximate surface area is 199 Å². The van der Waals surface area contributed by atoms with Crippen molar-refractivity contribution in [1.82, 2.24) is 29.7 Å². The minimum absolute atomic E-state index is 0.0970. The van der Waals surface area contributed by atoms with Crippen molar-refractivity contribution in [2.24, 2.45) is 5.73 Å². The summed E-state index contributed by atoms with van der Waals surface area (Å²) in [5.41, 5.74) is 19.1. The highest BCUT2D eigenvalue weighted by Crippen LogP contribution is 2.43. The number of imidazole rings is 1. The Kier molecular flexibility index (Phi) is 4.30. The number of benzene rings is 1. The average Bonchev–Trinajstić information content (AvgIpc) is 3.30. The summed E-state index contributed by atoms with van der Waals surface area (Å²) < 4.78 is 2.07. The van der Waals surface area contributed by atoms with E-state index in [1.807, 2.05) is 24.3 Å². The molecule has 1 fully saturated rings. The van der Waals surface area contributed by atoms with E-state index in [0.717, 1.165) is 51.0 Å². The molecule has 1 aromatic carbocycles. The lowest BCUT2D eigenvalue weighted by atomic mass is 10.1. The number of fused-ring (bicyclic) bond motifs is 2. The van der Waals surface area contributed by atoms with E-state index in [0.29, 0.717) is 17.6 Å². The molecule has 2 aliphatic carbocycles. The molecule has 8 nitrogen and oxygen atoms in total. The molecule has 34 heavy (non-hydrogen) atoms. The van der Waals surface area contributed by atoms with E-state index in [1.165, 1.54) is 24.0 Å². The van der Waals surface area contributed by atoms with E-state index in [-0.39, 0.29) is 6.04 Å². The van der Waals surface area contributed by atoms with Gasteiger partial charge in [-0.1, -0.05) is 17.4 Å². The number of anilines is 1. The summed E-state index contributed by atoms with van der Waals surface area (Å²) in [7, 11) is 0. The molecule has 4 N–H and O–H groups in total. The highest BCUT2D eigenvalue weighted by molar-refractivity contribution is 7.14. The van der Waals surface area contributed by atoms with E-state index in [1.54, 1.807) is 17.5 Å². The van der Waals surface area contributed by atoms with Crippen LogP contribution in [0.25, 0.3) is 38.9 Å². The molecule has 5 aromatic rings. The Hall–Kier alpha value is -3.69. The smallest absolute Gasteiger partial charge is 0.166 e. The van der Waals surface area contributed by atoms with Gasteiger partial charge in [0.25, 0.3) is 0 Å². The minimum Gasteiger partial charge on any atom is -0.383 e. The van der Waals surface area contributed by atoms with Crippen molar-refractivity contribution in [3.8, 4) is 27.8 Å². The van der Waals surface area contributed by atoms with Gasteiger partial charge in [0.2, 0.25) is 0 Å². The van der Waals surface area contributed by atoms with E-state index in [9.17, 15) is 0 Å². The summed E-state index contributed by atoms with van der Waals surface area (Å²) in [5.74, 6) is 1.71. The predicted octanol–water partition coefficient (Wildman–Crippen LogP) is 4.41. The first-order chi connectivity index (χ1) is 16.7. The summed E-state index contributed by atoms with van der Waals surface area (Å²) in [6.07, 6.45) is 6.02. The van der Waals surface area contributed by atoms with Crippen LogP contribution in [0.4, 0.5) is 5.82 Å². The fourth-order valence-electron chi connectivity index (χ4n) is 4.72. The number of hydrogen-bond donors (Lipinski definition) is 2. The molecular formula is C25H22N8S. The standard InChI is InChI=1S/C25H22N8S/c26-18-8-5-14-12-15(6-7-16(14)18)33-22(17-2-1-11-28-21(17)27)29-19-9-10-20(30-23(19)33)25-32-31-24(34-25)13-3-4-13/h1-2,6-7,9-13,18H,3-5,8,26H2,(H2,27,28). The van der Waals surface area contributed by atoms with Crippen LogP contribution in [-0.2, 0) is 6.42 Å². The summed E-state index contributed by atoms with van der Waals surface area (Å²) in [5, 5.41) is 10.8. The highest BCUT2D eigenvalue weighted by Gasteiger charge is 2.28.